The summed E-state index contributed by atoms with van der Waals surface area (Å²) in [5, 5.41) is 0. The molecule has 2 nitrogen and oxygen atoms in total. The smallest absolute Gasteiger partial charge is 0.129 e. The second-order valence-corrected chi connectivity index (χ2v) is 5.02. The number of benzene rings is 1. The molecule has 2 N–H and O–H groups in total. The van der Waals surface area contributed by atoms with E-state index in [1.807, 2.05) is 7.05 Å². The highest BCUT2D eigenvalue weighted by molar-refractivity contribution is 5.40. The van der Waals surface area contributed by atoms with E-state index in [0.29, 0.717) is 12.2 Å². The molecule has 88 valence electrons. The highest BCUT2D eigenvalue weighted by atomic mass is 19.1. The number of rotatable bonds is 4. The van der Waals surface area contributed by atoms with E-state index >= 15 is 0 Å². The lowest BCUT2D eigenvalue weighted by molar-refractivity contribution is 0.303. The van der Waals surface area contributed by atoms with Gasteiger partial charge in [0, 0.05) is 24.3 Å². The van der Waals surface area contributed by atoms with E-state index in [1.54, 1.807) is 12.1 Å². The number of nitrogens with zero attached hydrogens (tertiary/aromatic N) is 1. The predicted octanol–water partition coefficient (Wildman–Crippen LogP) is 2.50. The Balaban J connectivity index is 1.92. The van der Waals surface area contributed by atoms with Gasteiger partial charge in [-0.2, -0.15) is 0 Å². The van der Waals surface area contributed by atoms with Gasteiger partial charge in [-0.15, -0.1) is 0 Å². The van der Waals surface area contributed by atoms with Crippen molar-refractivity contribution in [2.24, 2.45) is 11.8 Å². The maximum absolute atomic E-state index is 13.5. The summed E-state index contributed by atoms with van der Waals surface area (Å²) in [5.74, 6) is 1.45. The fourth-order valence-corrected chi connectivity index (χ4v) is 2.10. The third kappa shape index (κ3) is 2.73. The lowest BCUT2D eigenvalue weighted by Crippen LogP contribution is -2.21. The zero-order chi connectivity index (χ0) is 11.7. The first-order chi connectivity index (χ1) is 7.56. The molecule has 2 unspecified atom stereocenters. The molecule has 2 rings (SSSR count). The quantitative estimate of drug-likeness (QED) is 0.793. The van der Waals surface area contributed by atoms with Crippen molar-refractivity contribution in [1.29, 1.82) is 0 Å². The van der Waals surface area contributed by atoms with Crippen LogP contribution in [0.5, 0.6) is 0 Å². The summed E-state index contributed by atoms with van der Waals surface area (Å²) in [6, 6.07) is 4.92. The molecule has 0 amide bonds. The normalized spacial score (nSPS) is 23.8. The summed E-state index contributed by atoms with van der Waals surface area (Å²) >= 11 is 0. The third-order valence-corrected chi connectivity index (χ3v) is 3.34. The Kier molecular flexibility index (Phi) is 3.15. The molecule has 0 radical (unpaired) electrons. The molecule has 0 saturated heterocycles. The van der Waals surface area contributed by atoms with Gasteiger partial charge in [0.05, 0.1) is 0 Å². The molecular formula is C13H19FN2. The predicted molar refractivity (Wildman–Crippen MR) is 64.4 cm³/mol. The van der Waals surface area contributed by atoms with Crippen LogP contribution in [0.15, 0.2) is 18.2 Å². The van der Waals surface area contributed by atoms with Crippen LogP contribution >= 0.6 is 0 Å². The van der Waals surface area contributed by atoms with Gasteiger partial charge in [0.2, 0.25) is 0 Å². The largest absolute Gasteiger partial charge is 0.399 e. The molecule has 1 saturated carbocycles. The molecule has 16 heavy (non-hydrogen) atoms. The maximum atomic E-state index is 13.5. The Morgan fingerprint density at radius 3 is 2.75 bits per heavy atom. The zero-order valence-electron chi connectivity index (χ0n) is 9.91. The Hall–Kier alpha value is -1.09. The second-order valence-electron chi connectivity index (χ2n) is 5.02. The van der Waals surface area contributed by atoms with E-state index in [1.165, 1.54) is 12.5 Å². The van der Waals surface area contributed by atoms with Gasteiger partial charge in [-0.05, 0) is 37.4 Å². The summed E-state index contributed by atoms with van der Waals surface area (Å²) in [5.41, 5.74) is 6.73. The van der Waals surface area contributed by atoms with Crippen LogP contribution in [0.25, 0.3) is 0 Å². The van der Waals surface area contributed by atoms with Crippen LogP contribution in [-0.2, 0) is 6.54 Å². The van der Waals surface area contributed by atoms with Crippen molar-refractivity contribution in [1.82, 2.24) is 4.90 Å². The van der Waals surface area contributed by atoms with Crippen molar-refractivity contribution < 1.29 is 4.39 Å². The van der Waals surface area contributed by atoms with E-state index in [-0.39, 0.29) is 5.82 Å². The summed E-state index contributed by atoms with van der Waals surface area (Å²) in [7, 11) is 2.04. The van der Waals surface area contributed by atoms with Crippen molar-refractivity contribution in [3.63, 3.8) is 0 Å². The number of halogens is 1. The minimum atomic E-state index is -0.198. The molecule has 3 heteroatoms. The highest BCUT2D eigenvalue weighted by Crippen LogP contribution is 2.38. The first-order valence-corrected chi connectivity index (χ1v) is 5.78. The molecule has 1 aromatic carbocycles. The Bertz CT molecular complexity index is 378. The average Bonchev–Trinajstić information content (AvgIpc) is 2.86. The topological polar surface area (TPSA) is 29.3 Å². The van der Waals surface area contributed by atoms with Crippen molar-refractivity contribution in [2.45, 2.75) is 19.9 Å². The van der Waals surface area contributed by atoms with E-state index in [0.717, 1.165) is 23.9 Å². The maximum Gasteiger partial charge on any atom is 0.129 e. The minimum Gasteiger partial charge on any atom is -0.399 e. The molecule has 1 aromatic rings. The minimum absolute atomic E-state index is 0.198. The van der Waals surface area contributed by atoms with Crippen LogP contribution in [0.3, 0.4) is 0 Å². The van der Waals surface area contributed by atoms with Gasteiger partial charge in [-0.1, -0.05) is 13.0 Å². The summed E-state index contributed by atoms with van der Waals surface area (Å²) in [6.45, 7) is 3.99. The number of hydrogen-bond acceptors (Lipinski definition) is 2. The number of anilines is 1. The van der Waals surface area contributed by atoms with Gasteiger partial charge in [-0.3, -0.25) is 0 Å². The molecule has 1 fully saturated rings. The highest BCUT2D eigenvalue weighted by Gasteiger charge is 2.33. The van der Waals surface area contributed by atoms with Crippen molar-refractivity contribution >= 4 is 5.69 Å². The second kappa shape index (κ2) is 4.42. The average molecular weight is 222 g/mol. The number of nitrogen functional groups attached to an aromatic ring is 1. The van der Waals surface area contributed by atoms with Gasteiger partial charge < -0.3 is 10.6 Å². The molecule has 1 aliphatic rings. The van der Waals surface area contributed by atoms with Crippen LogP contribution in [0.1, 0.15) is 18.9 Å². The summed E-state index contributed by atoms with van der Waals surface area (Å²) in [6.07, 6.45) is 1.31. The molecule has 2 atom stereocenters. The molecule has 0 aromatic heterocycles. The SMILES string of the molecule is CC1CC1CN(C)Cc1ccc(N)cc1F. The van der Waals surface area contributed by atoms with E-state index in [9.17, 15) is 4.39 Å². The fourth-order valence-electron chi connectivity index (χ4n) is 2.10. The molecule has 1 aliphatic carbocycles. The molecular weight excluding hydrogens is 203 g/mol. The van der Waals surface area contributed by atoms with Gasteiger partial charge in [0.15, 0.2) is 0 Å². The lowest BCUT2D eigenvalue weighted by Gasteiger charge is -2.17. The van der Waals surface area contributed by atoms with E-state index in [2.05, 4.69) is 11.8 Å². The van der Waals surface area contributed by atoms with Crippen molar-refractivity contribution in [3.05, 3.63) is 29.6 Å². The van der Waals surface area contributed by atoms with Crippen LogP contribution in [0.2, 0.25) is 0 Å². The van der Waals surface area contributed by atoms with Crippen LogP contribution in [-0.4, -0.2) is 18.5 Å². The fraction of sp³-hybridized carbons (Fsp3) is 0.538. The molecule has 0 spiro atoms. The molecule has 0 bridgehead atoms. The van der Waals surface area contributed by atoms with Gasteiger partial charge in [0.1, 0.15) is 5.82 Å². The van der Waals surface area contributed by atoms with Gasteiger partial charge in [-0.25, -0.2) is 4.39 Å². The van der Waals surface area contributed by atoms with Gasteiger partial charge >= 0.3 is 0 Å². The van der Waals surface area contributed by atoms with Crippen LogP contribution in [0, 0.1) is 17.7 Å². The lowest BCUT2D eigenvalue weighted by atomic mass is 10.2. The van der Waals surface area contributed by atoms with Crippen LogP contribution < -0.4 is 5.73 Å². The Morgan fingerprint density at radius 1 is 1.50 bits per heavy atom. The summed E-state index contributed by atoms with van der Waals surface area (Å²) < 4.78 is 13.5. The number of nitrogens with two attached hydrogens (primary N) is 1. The van der Waals surface area contributed by atoms with Crippen molar-refractivity contribution in [2.75, 3.05) is 19.3 Å². The Labute approximate surface area is 96.2 Å². The first-order valence-electron chi connectivity index (χ1n) is 5.78. The van der Waals surface area contributed by atoms with Crippen molar-refractivity contribution in [3.8, 4) is 0 Å². The first kappa shape index (κ1) is 11.4. The molecule has 0 aliphatic heterocycles. The summed E-state index contributed by atoms with van der Waals surface area (Å²) in [4.78, 5) is 2.18. The van der Waals surface area contributed by atoms with E-state index in [4.69, 9.17) is 5.73 Å². The van der Waals surface area contributed by atoms with Gasteiger partial charge in [0.25, 0.3) is 0 Å². The zero-order valence-corrected chi connectivity index (χ0v) is 9.91. The Morgan fingerprint density at radius 2 is 2.19 bits per heavy atom. The molecule has 0 heterocycles. The third-order valence-electron chi connectivity index (χ3n) is 3.34. The van der Waals surface area contributed by atoms with Crippen LogP contribution in [0.4, 0.5) is 10.1 Å². The van der Waals surface area contributed by atoms with E-state index < -0.39 is 0 Å². The standard InChI is InChI=1S/C13H19FN2/c1-9-5-11(9)8-16(2)7-10-3-4-12(15)6-13(10)14/h3-4,6,9,11H,5,7-8,15H2,1-2H3. The monoisotopic (exact) mass is 222 g/mol. The number of hydrogen-bond donors (Lipinski definition) is 1.